The van der Waals surface area contributed by atoms with Gasteiger partial charge in [0.1, 0.15) is 4.90 Å². The largest absolute Gasteiger partial charge is 0.324 e. The molecular formula is C10H11Cl2N3O2S. The topological polar surface area (TPSA) is 70.6 Å². The summed E-state index contributed by atoms with van der Waals surface area (Å²) in [5, 5.41) is 3.28. The summed E-state index contributed by atoms with van der Waals surface area (Å²) in [4.78, 5) is 4.10. The summed E-state index contributed by atoms with van der Waals surface area (Å²) >= 11 is 11.8. The number of hydrogen-bond donors (Lipinski definition) is 2. The lowest BCUT2D eigenvalue weighted by Crippen LogP contribution is -2.41. The van der Waals surface area contributed by atoms with Crippen LogP contribution in [0.15, 0.2) is 22.0 Å². The Balaban J connectivity index is 2.61. The molecule has 1 aliphatic rings. The minimum atomic E-state index is -3.72. The molecule has 0 amide bonds. The molecule has 1 heterocycles. The first kappa shape index (κ1) is 13.5. The van der Waals surface area contributed by atoms with Gasteiger partial charge in [-0.15, -0.1) is 0 Å². The molecule has 98 valence electrons. The predicted molar refractivity (Wildman–Crippen MR) is 73.0 cm³/mol. The van der Waals surface area contributed by atoms with E-state index < -0.39 is 10.0 Å². The van der Waals surface area contributed by atoms with Crippen LogP contribution in [0.2, 0.25) is 10.0 Å². The predicted octanol–water partition coefficient (Wildman–Crippen LogP) is 2.46. The Labute approximate surface area is 115 Å². The summed E-state index contributed by atoms with van der Waals surface area (Å²) < 4.78 is 26.4. The van der Waals surface area contributed by atoms with Gasteiger partial charge in [0.15, 0.2) is 0 Å². The van der Waals surface area contributed by atoms with Gasteiger partial charge in [-0.05, 0) is 26.0 Å². The maximum atomic E-state index is 12.0. The third kappa shape index (κ3) is 2.55. The van der Waals surface area contributed by atoms with E-state index in [0.29, 0.717) is 10.7 Å². The van der Waals surface area contributed by atoms with Crippen LogP contribution in [0.1, 0.15) is 13.8 Å². The minimum absolute atomic E-state index is 0.0173. The quantitative estimate of drug-likeness (QED) is 0.837. The van der Waals surface area contributed by atoms with Crippen LogP contribution in [0.5, 0.6) is 0 Å². The Bertz CT molecular complexity index is 626. The lowest BCUT2D eigenvalue weighted by molar-refractivity contribution is 0.591. The minimum Gasteiger partial charge on any atom is -0.324 e. The van der Waals surface area contributed by atoms with Gasteiger partial charge in [-0.25, -0.2) is 18.1 Å². The number of hydrogen-bond acceptors (Lipinski definition) is 3. The average Bonchev–Trinajstić information content (AvgIpc) is 2.11. The van der Waals surface area contributed by atoms with E-state index in [1.54, 1.807) is 0 Å². The first-order valence-electron chi connectivity index (χ1n) is 5.16. The molecule has 0 bridgehead atoms. The Kier molecular flexibility index (Phi) is 3.44. The number of aliphatic imine (C=N–C) groups is 1. The third-order valence-corrected chi connectivity index (χ3v) is 4.22. The normalized spacial score (nSPS) is 19.3. The molecule has 0 unspecified atom stereocenters. The second kappa shape index (κ2) is 4.60. The van der Waals surface area contributed by atoms with Gasteiger partial charge in [-0.3, -0.25) is 0 Å². The van der Waals surface area contributed by atoms with Crippen molar-refractivity contribution in [2.45, 2.75) is 24.8 Å². The van der Waals surface area contributed by atoms with E-state index >= 15 is 0 Å². The maximum absolute atomic E-state index is 12.0. The van der Waals surface area contributed by atoms with Crippen LogP contribution in [-0.4, -0.2) is 20.4 Å². The number of anilines is 1. The highest BCUT2D eigenvalue weighted by atomic mass is 35.5. The molecule has 0 radical (unpaired) electrons. The van der Waals surface area contributed by atoms with Gasteiger partial charge in [-0.1, -0.05) is 23.2 Å². The highest BCUT2D eigenvalue weighted by Gasteiger charge is 2.29. The fraction of sp³-hybridized carbons (Fsp3) is 0.300. The zero-order chi connectivity index (χ0) is 13.5. The van der Waals surface area contributed by atoms with E-state index in [4.69, 9.17) is 23.2 Å². The highest BCUT2D eigenvalue weighted by Crippen LogP contribution is 2.34. The Hall–Kier alpha value is -0.980. The van der Waals surface area contributed by atoms with Crippen molar-refractivity contribution < 1.29 is 8.42 Å². The van der Waals surface area contributed by atoms with Crippen LogP contribution in [-0.2, 0) is 10.0 Å². The zero-order valence-corrected chi connectivity index (χ0v) is 12.0. The standard InChI is InChI=1S/C10H11Cl2N3O2S/c1-5(2)13-10-14-8-4-6(11)3-7(12)9(8)18(16,17)15-10/h3-5H,1-2H3,(H2,13,14,15). The molecular weight excluding hydrogens is 297 g/mol. The van der Waals surface area contributed by atoms with Crippen LogP contribution in [0.4, 0.5) is 5.69 Å². The molecule has 0 spiro atoms. The molecule has 8 heteroatoms. The first-order chi connectivity index (χ1) is 8.29. The molecule has 2 N–H and O–H groups in total. The van der Waals surface area contributed by atoms with Crippen molar-refractivity contribution in [3.63, 3.8) is 0 Å². The Morgan fingerprint density at radius 1 is 1.28 bits per heavy atom. The van der Waals surface area contributed by atoms with E-state index in [1.165, 1.54) is 12.1 Å². The van der Waals surface area contributed by atoms with Crippen LogP contribution in [0.25, 0.3) is 0 Å². The van der Waals surface area contributed by atoms with E-state index in [9.17, 15) is 8.42 Å². The summed E-state index contributed by atoms with van der Waals surface area (Å²) in [5.74, 6) is 0.163. The molecule has 0 saturated heterocycles. The van der Waals surface area contributed by atoms with Gasteiger partial charge >= 0.3 is 0 Å². The number of nitrogens with one attached hydrogen (secondary N) is 2. The molecule has 0 aliphatic carbocycles. The van der Waals surface area contributed by atoms with Crippen LogP contribution in [0, 0.1) is 0 Å². The van der Waals surface area contributed by atoms with E-state index in [2.05, 4.69) is 15.0 Å². The molecule has 0 atom stereocenters. The molecule has 1 aromatic carbocycles. The lowest BCUT2D eigenvalue weighted by atomic mass is 10.3. The molecule has 2 rings (SSSR count). The van der Waals surface area contributed by atoms with Crippen molar-refractivity contribution >= 4 is 44.9 Å². The summed E-state index contributed by atoms with van der Waals surface area (Å²) in [6, 6.07) is 2.83. The van der Waals surface area contributed by atoms with Gasteiger partial charge in [0.05, 0.1) is 10.7 Å². The Morgan fingerprint density at radius 3 is 2.56 bits per heavy atom. The number of rotatable bonds is 1. The number of benzene rings is 1. The molecule has 0 fully saturated rings. The second-order valence-corrected chi connectivity index (χ2v) is 6.53. The lowest BCUT2D eigenvalue weighted by Gasteiger charge is -2.23. The molecule has 0 aromatic heterocycles. The van der Waals surface area contributed by atoms with Gasteiger partial charge in [-0.2, -0.15) is 0 Å². The number of sulfonamides is 1. The van der Waals surface area contributed by atoms with Crippen molar-refractivity contribution in [2.75, 3.05) is 5.32 Å². The highest BCUT2D eigenvalue weighted by molar-refractivity contribution is 7.90. The van der Waals surface area contributed by atoms with Gasteiger partial charge < -0.3 is 5.32 Å². The van der Waals surface area contributed by atoms with Crippen molar-refractivity contribution in [3.8, 4) is 0 Å². The maximum Gasteiger partial charge on any atom is 0.267 e. The fourth-order valence-corrected chi connectivity index (χ4v) is 3.55. The monoisotopic (exact) mass is 307 g/mol. The fourth-order valence-electron chi connectivity index (χ4n) is 1.57. The summed E-state index contributed by atoms with van der Waals surface area (Å²) in [6.07, 6.45) is 0. The zero-order valence-electron chi connectivity index (χ0n) is 9.66. The van der Waals surface area contributed by atoms with Crippen molar-refractivity contribution in [2.24, 2.45) is 4.99 Å². The van der Waals surface area contributed by atoms with Crippen molar-refractivity contribution in [1.29, 1.82) is 0 Å². The first-order valence-corrected chi connectivity index (χ1v) is 7.40. The Morgan fingerprint density at radius 2 is 1.94 bits per heavy atom. The summed E-state index contributed by atoms with van der Waals surface area (Å²) in [5.41, 5.74) is 0.325. The van der Waals surface area contributed by atoms with Crippen molar-refractivity contribution in [1.82, 2.24) is 4.72 Å². The molecule has 18 heavy (non-hydrogen) atoms. The smallest absolute Gasteiger partial charge is 0.267 e. The van der Waals surface area contributed by atoms with E-state index in [0.717, 1.165) is 0 Å². The van der Waals surface area contributed by atoms with Crippen LogP contribution >= 0.6 is 23.2 Å². The third-order valence-electron chi connectivity index (χ3n) is 2.15. The van der Waals surface area contributed by atoms with E-state index in [-0.39, 0.29) is 21.9 Å². The van der Waals surface area contributed by atoms with E-state index in [1.807, 2.05) is 13.8 Å². The summed E-state index contributed by atoms with van der Waals surface area (Å²) in [6.45, 7) is 3.67. The van der Waals surface area contributed by atoms with Crippen LogP contribution in [0.3, 0.4) is 0 Å². The number of halogens is 2. The number of guanidine groups is 1. The van der Waals surface area contributed by atoms with Crippen LogP contribution < -0.4 is 10.0 Å². The molecule has 5 nitrogen and oxygen atoms in total. The summed E-state index contributed by atoms with van der Waals surface area (Å²) in [7, 11) is -3.72. The van der Waals surface area contributed by atoms with Gasteiger partial charge in [0, 0.05) is 11.1 Å². The second-order valence-electron chi connectivity index (χ2n) is 4.07. The molecule has 1 aliphatic heterocycles. The SMILES string of the molecule is CC(C)N=C1Nc2cc(Cl)cc(Cl)c2S(=O)(=O)N1. The molecule has 0 saturated carbocycles. The number of fused-ring (bicyclic) bond motifs is 1. The number of nitrogens with zero attached hydrogens (tertiary/aromatic N) is 1. The van der Waals surface area contributed by atoms with Gasteiger partial charge in [0.2, 0.25) is 5.96 Å². The van der Waals surface area contributed by atoms with Crippen molar-refractivity contribution in [3.05, 3.63) is 22.2 Å². The molecule has 1 aromatic rings. The van der Waals surface area contributed by atoms with Gasteiger partial charge in [0.25, 0.3) is 10.0 Å². The average molecular weight is 308 g/mol.